The van der Waals surface area contributed by atoms with Gasteiger partial charge in [-0.1, -0.05) is 11.6 Å². The van der Waals surface area contributed by atoms with Crippen molar-refractivity contribution in [1.82, 2.24) is 4.57 Å². The molecule has 1 aromatic carbocycles. The summed E-state index contributed by atoms with van der Waals surface area (Å²) in [6.07, 6.45) is 0. The summed E-state index contributed by atoms with van der Waals surface area (Å²) in [4.78, 5) is 11.1. The Balaban J connectivity index is 2.62. The molecule has 0 unspecified atom stereocenters. The molecule has 0 amide bonds. The summed E-state index contributed by atoms with van der Waals surface area (Å²) in [7, 11) is 1.54. The molecule has 1 N–H and O–H groups in total. The molecule has 0 spiro atoms. The fourth-order valence-corrected chi connectivity index (χ4v) is 2.36. The van der Waals surface area contributed by atoms with Crippen molar-refractivity contribution in [1.29, 1.82) is 0 Å². The van der Waals surface area contributed by atoms with E-state index in [4.69, 9.17) is 21.4 Å². The van der Waals surface area contributed by atoms with Crippen LogP contribution >= 0.6 is 11.6 Å². The molecule has 0 fully saturated rings. The van der Waals surface area contributed by atoms with Gasteiger partial charge in [0.25, 0.3) is 0 Å². The second-order valence-corrected chi connectivity index (χ2v) is 4.65. The largest absolute Gasteiger partial charge is 0.495 e. The van der Waals surface area contributed by atoms with Crippen LogP contribution in [-0.4, -0.2) is 22.8 Å². The fourth-order valence-electron chi connectivity index (χ4n) is 2.16. The third-order valence-corrected chi connectivity index (χ3v) is 3.37. The molecule has 0 bridgehead atoms. The Morgan fingerprint density at radius 3 is 2.53 bits per heavy atom. The molecule has 100 valence electrons. The first kappa shape index (κ1) is 13.5. The number of rotatable bonds is 3. The molecule has 1 heterocycles. The first-order valence-corrected chi connectivity index (χ1v) is 6.09. The van der Waals surface area contributed by atoms with Crippen molar-refractivity contribution in [2.45, 2.75) is 13.8 Å². The number of carboxylic acid groups (broad SMARTS) is 1. The summed E-state index contributed by atoms with van der Waals surface area (Å²) >= 11 is 5.99. The highest BCUT2D eigenvalue weighted by Gasteiger charge is 2.16. The predicted molar refractivity (Wildman–Crippen MR) is 73.8 cm³/mol. The highest BCUT2D eigenvalue weighted by molar-refractivity contribution is 6.32. The SMILES string of the molecule is COc1cc(-n2c(C)cc(C(=O)O)c2C)ccc1Cl. The van der Waals surface area contributed by atoms with Gasteiger partial charge in [-0.25, -0.2) is 4.79 Å². The zero-order valence-electron chi connectivity index (χ0n) is 10.9. The normalized spacial score (nSPS) is 10.5. The second kappa shape index (κ2) is 4.97. The van der Waals surface area contributed by atoms with Crippen LogP contribution in [0.15, 0.2) is 24.3 Å². The minimum Gasteiger partial charge on any atom is -0.495 e. The first-order valence-electron chi connectivity index (χ1n) is 5.72. The summed E-state index contributed by atoms with van der Waals surface area (Å²) in [5.41, 5.74) is 2.64. The maximum Gasteiger partial charge on any atom is 0.337 e. The molecule has 4 nitrogen and oxygen atoms in total. The lowest BCUT2D eigenvalue weighted by Gasteiger charge is -2.12. The molecule has 0 radical (unpaired) electrons. The van der Waals surface area contributed by atoms with Gasteiger partial charge in [-0.2, -0.15) is 0 Å². The molecule has 0 aliphatic rings. The molecule has 2 rings (SSSR count). The van der Waals surface area contributed by atoms with Crippen molar-refractivity contribution in [2.75, 3.05) is 7.11 Å². The third-order valence-electron chi connectivity index (χ3n) is 3.05. The van der Waals surface area contributed by atoms with Crippen LogP contribution < -0.4 is 4.74 Å². The van der Waals surface area contributed by atoms with Crippen LogP contribution in [0.2, 0.25) is 5.02 Å². The molecule has 0 saturated carbocycles. The van der Waals surface area contributed by atoms with E-state index in [-0.39, 0.29) is 0 Å². The van der Waals surface area contributed by atoms with Crippen LogP contribution in [0, 0.1) is 13.8 Å². The Morgan fingerprint density at radius 1 is 1.32 bits per heavy atom. The van der Waals surface area contributed by atoms with Gasteiger partial charge in [0.15, 0.2) is 0 Å². The van der Waals surface area contributed by atoms with Crippen molar-refractivity contribution in [3.8, 4) is 11.4 Å². The number of aromatic carboxylic acids is 1. The lowest BCUT2D eigenvalue weighted by atomic mass is 10.2. The van der Waals surface area contributed by atoms with Crippen LogP contribution in [0.4, 0.5) is 0 Å². The number of benzene rings is 1. The van der Waals surface area contributed by atoms with E-state index in [0.717, 1.165) is 11.4 Å². The molecule has 19 heavy (non-hydrogen) atoms. The van der Waals surface area contributed by atoms with Crippen molar-refractivity contribution < 1.29 is 14.6 Å². The smallest absolute Gasteiger partial charge is 0.337 e. The Kier molecular flexibility index (Phi) is 3.53. The molecule has 0 saturated heterocycles. The van der Waals surface area contributed by atoms with Crippen molar-refractivity contribution in [3.05, 3.63) is 46.2 Å². The lowest BCUT2D eigenvalue weighted by molar-refractivity contribution is 0.0696. The first-order chi connectivity index (χ1) is 8.95. The van der Waals surface area contributed by atoms with E-state index in [9.17, 15) is 4.79 Å². The molecular weight excluding hydrogens is 266 g/mol. The number of nitrogens with zero attached hydrogens (tertiary/aromatic N) is 1. The molecule has 0 aliphatic heterocycles. The molecule has 0 atom stereocenters. The number of halogens is 1. The predicted octanol–water partition coefficient (Wildman–Crippen LogP) is 3.45. The van der Waals surface area contributed by atoms with Crippen LogP contribution in [0.1, 0.15) is 21.7 Å². The molecule has 2 aromatic rings. The number of aryl methyl sites for hydroxylation is 1. The molecule has 5 heteroatoms. The summed E-state index contributed by atoms with van der Waals surface area (Å²) < 4.78 is 7.04. The van der Waals surface area contributed by atoms with E-state index >= 15 is 0 Å². The van der Waals surface area contributed by atoms with E-state index in [2.05, 4.69) is 0 Å². The zero-order chi connectivity index (χ0) is 14.2. The summed E-state index contributed by atoms with van der Waals surface area (Å²) in [5, 5.41) is 9.66. The number of methoxy groups -OCH3 is 1. The Labute approximate surface area is 116 Å². The summed E-state index contributed by atoms with van der Waals surface area (Å²) in [6, 6.07) is 7.00. The van der Waals surface area contributed by atoms with Gasteiger partial charge in [0.05, 0.1) is 17.7 Å². The molecule has 0 aliphatic carbocycles. The van der Waals surface area contributed by atoms with Gasteiger partial charge < -0.3 is 14.4 Å². The molecular formula is C14H14ClNO3. The summed E-state index contributed by atoms with van der Waals surface area (Å²) in [5.74, 6) is -0.371. The average molecular weight is 280 g/mol. The topological polar surface area (TPSA) is 51.5 Å². The van der Waals surface area contributed by atoms with Crippen molar-refractivity contribution in [3.63, 3.8) is 0 Å². The maximum absolute atomic E-state index is 11.1. The number of hydrogen-bond acceptors (Lipinski definition) is 2. The van der Waals surface area contributed by atoms with Gasteiger partial charge in [-0.3, -0.25) is 0 Å². The van der Waals surface area contributed by atoms with Gasteiger partial charge in [0.2, 0.25) is 0 Å². The van der Waals surface area contributed by atoms with E-state index in [1.54, 1.807) is 32.2 Å². The highest BCUT2D eigenvalue weighted by atomic mass is 35.5. The average Bonchev–Trinajstić information content (AvgIpc) is 2.66. The van der Waals surface area contributed by atoms with Crippen LogP contribution in [-0.2, 0) is 0 Å². The van der Waals surface area contributed by atoms with Gasteiger partial charge >= 0.3 is 5.97 Å². The second-order valence-electron chi connectivity index (χ2n) is 4.24. The fraction of sp³-hybridized carbons (Fsp3) is 0.214. The van der Waals surface area contributed by atoms with Gasteiger partial charge in [0, 0.05) is 23.1 Å². The maximum atomic E-state index is 11.1. The van der Waals surface area contributed by atoms with Gasteiger partial charge in [0.1, 0.15) is 5.75 Å². The van der Waals surface area contributed by atoms with Crippen LogP contribution in [0.5, 0.6) is 5.75 Å². The number of carboxylic acids is 1. The standard InChI is InChI=1S/C14H14ClNO3/c1-8-6-11(14(17)18)9(2)16(8)10-4-5-12(15)13(7-10)19-3/h4-7H,1-3H3,(H,17,18). The number of carbonyl (C=O) groups is 1. The van der Waals surface area contributed by atoms with Crippen LogP contribution in [0.25, 0.3) is 5.69 Å². The van der Waals surface area contributed by atoms with Crippen LogP contribution in [0.3, 0.4) is 0 Å². The summed E-state index contributed by atoms with van der Waals surface area (Å²) in [6.45, 7) is 3.64. The van der Waals surface area contributed by atoms with E-state index < -0.39 is 5.97 Å². The third kappa shape index (κ3) is 2.31. The Hall–Kier alpha value is -1.94. The minimum atomic E-state index is -0.930. The zero-order valence-corrected chi connectivity index (χ0v) is 11.7. The van der Waals surface area contributed by atoms with Gasteiger partial charge in [-0.05, 0) is 32.0 Å². The monoisotopic (exact) mass is 279 g/mol. The Bertz CT molecular complexity index is 646. The lowest BCUT2D eigenvalue weighted by Crippen LogP contribution is -2.02. The van der Waals surface area contributed by atoms with E-state index in [1.807, 2.05) is 17.6 Å². The quantitative estimate of drug-likeness (QED) is 0.936. The number of hydrogen-bond donors (Lipinski definition) is 1. The van der Waals surface area contributed by atoms with Gasteiger partial charge in [-0.15, -0.1) is 0 Å². The van der Waals surface area contributed by atoms with Crippen molar-refractivity contribution in [2.24, 2.45) is 0 Å². The van der Waals surface area contributed by atoms with E-state index in [1.165, 1.54) is 0 Å². The van der Waals surface area contributed by atoms with E-state index in [0.29, 0.717) is 22.0 Å². The highest BCUT2D eigenvalue weighted by Crippen LogP contribution is 2.29. The number of ether oxygens (including phenoxy) is 1. The Morgan fingerprint density at radius 2 is 2.00 bits per heavy atom. The van der Waals surface area contributed by atoms with Crippen molar-refractivity contribution >= 4 is 17.6 Å². The minimum absolute atomic E-state index is 0.298. The number of aromatic nitrogens is 1. The molecule has 1 aromatic heterocycles.